The molecule has 35 nitrogen and oxygen atoms in total. The summed E-state index contributed by atoms with van der Waals surface area (Å²) in [5.41, 5.74) is 25.9. The summed E-state index contributed by atoms with van der Waals surface area (Å²) in [6.07, 6.45) is -4.00. The number of nitrogens with one attached hydrogen (secondary N) is 12. The summed E-state index contributed by atoms with van der Waals surface area (Å²) >= 11 is 0. The Morgan fingerprint density at radius 3 is 1.50 bits per heavy atom. The summed E-state index contributed by atoms with van der Waals surface area (Å²) in [7, 11) is 1.51. The number of carbonyl (C=O) groups excluding carboxylic acids is 14. The SMILES string of the molecule is C[C@H](N)C(=O)NCC(=O)N[C@H]1CSSC[C@@H](C(=O)O)NC(=O)[C@H](CO)NC(=O)[C@H]([C@@H](C)O)NC(=O)[C@H](Cc2ccccc2)NC(=O)[C@H]([C@@H](C)O)NC(=O)[C@H](CCCCN)CC(=O)[C@H](Cc2c[nH]c3ccccc23)NC(=O)[C@H](Cc2ccccc2)CC(=O)[C@H](Cc2ccccc2)NC(=O)[C@H](CC(N)=O)NC(=O)[C@H](CCCCN)NC1=O. The predicted molar refractivity (Wildman–Crippen MR) is 427 cm³/mol. The van der Waals surface area contributed by atoms with Crippen LogP contribution in [-0.2, 0) is 97.6 Å². The van der Waals surface area contributed by atoms with Gasteiger partial charge in [0.15, 0.2) is 11.6 Å². The molecule has 12 amide bonds. The van der Waals surface area contributed by atoms with E-state index in [4.69, 9.17) is 22.9 Å². The van der Waals surface area contributed by atoms with Crippen molar-refractivity contribution in [1.29, 1.82) is 0 Å². The van der Waals surface area contributed by atoms with Gasteiger partial charge >= 0.3 is 5.97 Å². The van der Waals surface area contributed by atoms with Crippen LogP contribution in [0, 0.1) is 11.8 Å². The fourth-order valence-corrected chi connectivity index (χ4v) is 14.8. The molecule has 0 aliphatic carbocycles. The van der Waals surface area contributed by atoms with Crippen molar-refractivity contribution >= 4 is 121 Å². The Labute approximate surface area is 672 Å². The average molecular weight is 1640 g/mol. The molecule has 6 rings (SSSR count). The number of aliphatic hydroxyl groups excluding tert-OH is 3. The maximum absolute atomic E-state index is 15.5. The quantitative estimate of drug-likeness (QED) is 0.0197. The van der Waals surface area contributed by atoms with Gasteiger partial charge in [0.25, 0.3) is 0 Å². The second-order valence-corrected chi connectivity index (χ2v) is 30.8. The Morgan fingerprint density at radius 2 is 0.948 bits per heavy atom. The molecule has 0 spiro atoms. The number of rotatable bonds is 26. The molecule has 0 radical (unpaired) electrons. The molecule has 2 heterocycles. The first kappa shape index (κ1) is 93.2. The Balaban J connectivity index is 1.47. The lowest BCUT2D eigenvalue weighted by Gasteiger charge is -2.29. The van der Waals surface area contributed by atoms with Crippen LogP contribution in [0.5, 0.6) is 0 Å². The maximum atomic E-state index is 15.5. The first-order valence-electron chi connectivity index (χ1n) is 37.8. The van der Waals surface area contributed by atoms with Crippen LogP contribution < -0.4 is 81.4 Å². The molecule has 624 valence electrons. The number of para-hydroxylation sites is 1. The van der Waals surface area contributed by atoms with Crippen molar-refractivity contribution in [2.45, 2.75) is 183 Å². The van der Waals surface area contributed by atoms with Crippen molar-refractivity contribution in [3.05, 3.63) is 144 Å². The third-order valence-electron chi connectivity index (χ3n) is 18.9. The standard InChI is InChI=1S/C78H106N16O19S2/c1-43(81)68(102)84-39-65(101)85-60-41-114-115-42-61(78(112)113)92-74(108)59(40-95)91-77(111)67(45(3)97)94-73(107)57(33-48-23-11-6-12-24-48)90-76(110)66(44(2)96)93-69(103)49(25-15-17-29-79)35-62(98)56(34-51-38-83-53-27-14-13-26-52(51)53)87-70(104)50(31-46-19-7-4-8-20-46)36-63(99)55(32-47-21-9-5-10-22-47)88-72(106)58(37-64(82)100)89-71(105)54(86-75(60)109)28-16-18-30-80/h4-14,19-24,26-27,38,43-45,49-50,54-61,66-67,83,95-97H,15-18,25,28-37,39-42,79-81H2,1-3H3,(H2,82,100)(H,84,102)(H,85,101)(H,86,109)(H,87,104)(H,88,106)(H,89,105)(H,90,110)(H,91,111)(H,92,108)(H,93,103)(H,94,107)(H,112,113)/t43-,44+,45+,49+,50+,54-,55-,56-,57-,58-,59-,60-,61-,66-,67-/m0/s1. The number of nitrogens with two attached hydrogens (primary N) is 4. The highest BCUT2D eigenvalue weighted by molar-refractivity contribution is 8.76. The zero-order chi connectivity index (χ0) is 84.3. The molecule has 37 heteroatoms. The number of Topliss-reactive ketones (excluding diaryl/α,β-unsaturated/α-hetero) is 2. The normalized spacial score (nSPS) is 23.9. The van der Waals surface area contributed by atoms with Crippen LogP contribution in [0.2, 0.25) is 0 Å². The van der Waals surface area contributed by atoms with Crippen LogP contribution >= 0.6 is 21.6 Å². The summed E-state index contributed by atoms with van der Waals surface area (Å²) < 4.78 is 0. The number of H-pyrrole nitrogens is 1. The molecule has 4 aromatic carbocycles. The minimum absolute atomic E-state index is 0.0353. The minimum atomic E-state index is -1.97. The van der Waals surface area contributed by atoms with Crippen LogP contribution in [0.1, 0.15) is 101 Å². The van der Waals surface area contributed by atoms with Crippen LogP contribution in [-0.4, -0.2) is 230 Å². The number of carbonyl (C=O) groups is 15. The van der Waals surface area contributed by atoms with E-state index < -0.39 is 223 Å². The molecule has 1 aromatic heterocycles. The van der Waals surface area contributed by atoms with Crippen LogP contribution in [0.25, 0.3) is 10.9 Å². The second kappa shape index (κ2) is 47.9. The van der Waals surface area contributed by atoms with Gasteiger partial charge in [-0.1, -0.05) is 137 Å². The lowest BCUT2D eigenvalue weighted by Crippen LogP contribution is -2.62. The first-order chi connectivity index (χ1) is 54.9. The molecule has 1 fully saturated rings. The van der Waals surface area contributed by atoms with Gasteiger partial charge in [-0.2, -0.15) is 0 Å². The molecule has 1 saturated heterocycles. The monoisotopic (exact) mass is 1630 g/mol. The Hall–Kier alpha value is -10.7. The molecule has 0 saturated carbocycles. The molecular weight excluding hydrogens is 1530 g/mol. The second-order valence-electron chi connectivity index (χ2n) is 28.2. The van der Waals surface area contributed by atoms with Gasteiger partial charge in [-0.05, 0) is 107 Å². The van der Waals surface area contributed by atoms with Crippen LogP contribution in [0.4, 0.5) is 0 Å². The van der Waals surface area contributed by atoms with E-state index in [0.29, 0.717) is 39.6 Å². The number of hydrogen-bond donors (Lipinski definition) is 20. The summed E-state index contributed by atoms with van der Waals surface area (Å²) in [6.45, 7) is 1.97. The van der Waals surface area contributed by atoms with Gasteiger partial charge in [-0.3, -0.25) is 67.1 Å². The zero-order valence-corrected chi connectivity index (χ0v) is 65.8. The molecule has 1 aliphatic heterocycles. The number of primary amides is 1. The molecule has 5 aromatic rings. The van der Waals surface area contributed by atoms with Crippen molar-refractivity contribution in [1.82, 2.24) is 63.5 Å². The molecule has 15 atom stereocenters. The molecule has 0 unspecified atom stereocenters. The van der Waals surface area contributed by atoms with Crippen molar-refractivity contribution in [2.75, 3.05) is 37.7 Å². The lowest BCUT2D eigenvalue weighted by atomic mass is 9.87. The number of fused-ring (bicyclic) bond motifs is 1. The van der Waals surface area contributed by atoms with Gasteiger partial charge in [0.05, 0.1) is 49.9 Å². The molecule has 0 bridgehead atoms. The number of ketones is 2. The number of hydrogen-bond acceptors (Lipinski definition) is 23. The highest BCUT2D eigenvalue weighted by atomic mass is 33.1. The van der Waals surface area contributed by atoms with E-state index in [-0.39, 0.29) is 70.9 Å². The van der Waals surface area contributed by atoms with Crippen molar-refractivity contribution < 1.29 is 92.3 Å². The smallest absolute Gasteiger partial charge is 0.327 e. The summed E-state index contributed by atoms with van der Waals surface area (Å²) in [6, 6.07) is 13.7. The van der Waals surface area contributed by atoms with Gasteiger partial charge in [-0.15, -0.1) is 0 Å². The summed E-state index contributed by atoms with van der Waals surface area (Å²) in [5, 5.41) is 71.1. The molecular formula is C78H106N16O19S2. The largest absolute Gasteiger partial charge is 0.480 e. The fraction of sp³-hybridized carbons (Fsp3) is 0.474. The van der Waals surface area contributed by atoms with Gasteiger partial charge in [-0.25, -0.2) is 4.79 Å². The van der Waals surface area contributed by atoms with E-state index in [1.807, 2.05) is 0 Å². The summed E-state index contributed by atoms with van der Waals surface area (Å²) in [5.74, 6) is -19.3. The lowest BCUT2D eigenvalue weighted by molar-refractivity contribution is -0.142. The highest BCUT2D eigenvalue weighted by Crippen LogP contribution is 2.26. The molecule has 24 N–H and O–H groups in total. The number of amides is 12. The Kier molecular flexibility index (Phi) is 38.8. The van der Waals surface area contributed by atoms with E-state index in [0.717, 1.165) is 28.5 Å². The van der Waals surface area contributed by atoms with Gasteiger partial charge < -0.3 is 107 Å². The third kappa shape index (κ3) is 30.9. The average Bonchev–Trinajstić information content (AvgIpc) is 1.71. The zero-order valence-electron chi connectivity index (χ0n) is 64.2. The number of unbranched alkanes of at least 4 members (excludes halogenated alkanes) is 2. The number of aliphatic carboxylic acids is 1. The van der Waals surface area contributed by atoms with Gasteiger partial charge in [0.1, 0.15) is 48.3 Å². The number of carboxylic acids is 1. The van der Waals surface area contributed by atoms with Crippen molar-refractivity contribution in [2.24, 2.45) is 34.8 Å². The van der Waals surface area contributed by atoms with E-state index in [2.05, 4.69) is 63.5 Å². The van der Waals surface area contributed by atoms with E-state index in [1.165, 1.54) is 13.8 Å². The molecule has 115 heavy (non-hydrogen) atoms. The minimum Gasteiger partial charge on any atom is -0.480 e. The third-order valence-corrected chi connectivity index (χ3v) is 21.3. The van der Waals surface area contributed by atoms with Gasteiger partial charge in [0.2, 0.25) is 70.9 Å². The Morgan fingerprint density at radius 1 is 0.496 bits per heavy atom. The number of aliphatic hydroxyl groups is 3. The predicted octanol–water partition coefficient (Wildman–Crippen LogP) is -2.73. The summed E-state index contributed by atoms with van der Waals surface area (Å²) in [4.78, 5) is 217. The fourth-order valence-electron chi connectivity index (χ4n) is 12.5. The van der Waals surface area contributed by atoms with Crippen LogP contribution in [0.3, 0.4) is 0 Å². The number of benzene rings is 4. The number of aromatic nitrogens is 1. The van der Waals surface area contributed by atoms with Crippen LogP contribution in [0.15, 0.2) is 121 Å². The highest BCUT2D eigenvalue weighted by Gasteiger charge is 2.40. The topological polar surface area (TPSA) is 589 Å². The molecule has 1 aliphatic rings. The number of carboxylic acid groups (broad SMARTS) is 1. The van der Waals surface area contributed by atoms with Crippen molar-refractivity contribution in [3.8, 4) is 0 Å². The van der Waals surface area contributed by atoms with E-state index in [9.17, 15) is 78.0 Å². The first-order valence-corrected chi connectivity index (χ1v) is 40.3. The number of aromatic amines is 1. The van der Waals surface area contributed by atoms with Gasteiger partial charge in [0, 0.05) is 66.1 Å². The maximum Gasteiger partial charge on any atom is 0.327 e. The van der Waals surface area contributed by atoms with E-state index in [1.54, 1.807) is 121 Å². The Bertz CT molecular complexity index is 4130. The van der Waals surface area contributed by atoms with E-state index >= 15 is 14.4 Å². The van der Waals surface area contributed by atoms with Crippen molar-refractivity contribution in [3.63, 3.8) is 0 Å².